The molecule has 5 fully saturated rings. The number of aliphatic hydroxyl groups excluding tert-OH is 8. The summed E-state index contributed by atoms with van der Waals surface area (Å²) in [5, 5.41) is 110. The molecular formula is C56H82O25. The van der Waals surface area contributed by atoms with Gasteiger partial charge in [0, 0.05) is 57.6 Å². The van der Waals surface area contributed by atoms with E-state index in [0.29, 0.717) is 6.42 Å². The lowest BCUT2D eigenvalue weighted by Gasteiger charge is -2.45. The van der Waals surface area contributed by atoms with Gasteiger partial charge < -0.3 is 108 Å². The molecule has 81 heavy (non-hydrogen) atoms. The van der Waals surface area contributed by atoms with Gasteiger partial charge in [-0.1, -0.05) is 13.8 Å². The maximum Gasteiger partial charge on any atom is 0.303 e. The van der Waals surface area contributed by atoms with Crippen molar-refractivity contribution in [1.29, 1.82) is 0 Å². The van der Waals surface area contributed by atoms with Crippen molar-refractivity contribution >= 4 is 28.3 Å². The number of hydrogen-bond acceptors (Lipinski definition) is 25. The fourth-order valence-corrected chi connectivity index (χ4v) is 12.0. The second-order valence-electron chi connectivity index (χ2n) is 22.7. The number of rotatable bonds is 18. The molecule has 1 aliphatic carbocycles. The lowest BCUT2D eigenvalue weighted by Crippen LogP contribution is -2.57. The average Bonchev–Trinajstić information content (AvgIpc) is 3.51. The molecule has 456 valence electrons. The molecule has 10 N–H and O–H groups in total. The van der Waals surface area contributed by atoms with Crippen LogP contribution in [0, 0.1) is 5.92 Å². The standard InChI is InChI=1S/C56H82O25/c1-11-20(2)42-33(77-39-17-34(48(64)24(6)73-39)78-37-15-31(59)46(62)22(4)71-37)14-29-12-28-13-30(55(70-10)53(69)45(61)21(3)57)56(52(68)44(28)51(67)43(29)50(42)66)81-41-18-35(49(65)25(7)74-41)79-40-19-36(54(26(8)75-40)76-27(9)58)80-38-16-32(60)47(63)23(5)72-38/h12,14,20-26,30-32,34-41,45-49,54-57,59-67H,11,13,15-19H2,1-10H3/t20-,21-,22+,23+,24+,25+,26+,30-,31+,32+,34+,35+,36+,37-,38-,39-,40-,41-,45+,46+,47+,48+,49+,54-,55+,56-/m0/s1. The fraction of sp³-hybridized carbons (Fsp3) is 0.768. The Morgan fingerprint density at radius 2 is 1.14 bits per heavy atom. The summed E-state index contributed by atoms with van der Waals surface area (Å²) in [6, 6.07) is 3.11. The minimum atomic E-state index is -1.96. The van der Waals surface area contributed by atoms with Gasteiger partial charge in [0.1, 0.15) is 66.1 Å². The number of hydrogen-bond donors (Lipinski definition) is 10. The van der Waals surface area contributed by atoms with Crippen LogP contribution >= 0.6 is 0 Å². The highest BCUT2D eigenvalue weighted by Gasteiger charge is 2.51. The predicted molar refractivity (Wildman–Crippen MR) is 277 cm³/mol. The van der Waals surface area contributed by atoms with E-state index in [0.717, 1.165) is 0 Å². The first-order valence-electron chi connectivity index (χ1n) is 28.0. The molecule has 0 radical (unpaired) electrons. The molecule has 8 rings (SSSR count). The number of ketones is 2. The van der Waals surface area contributed by atoms with Gasteiger partial charge in [-0.25, -0.2) is 0 Å². The summed E-state index contributed by atoms with van der Waals surface area (Å²) in [7, 11) is 1.18. The van der Waals surface area contributed by atoms with Gasteiger partial charge in [-0.3, -0.25) is 14.4 Å². The van der Waals surface area contributed by atoms with Crippen LogP contribution in [-0.2, 0) is 68.1 Å². The van der Waals surface area contributed by atoms with Gasteiger partial charge in [0.25, 0.3) is 0 Å². The van der Waals surface area contributed by atoms with Crippen LogP contribution in [0.25, 0.3) is 10.8 Å². The number of esters is 1. The Morgan fingerprint density at radius 3 is 1.65 bits per heavy atom. The summed E-state index contributed by atoms with van der Waals surface area (Å²) in [5.74, 6) is -5.04. The van der Waals surface area contributed by atoms with E-state index >= 15 is 4.79 Å². The van der Waals surface area contributed by atoms with Crippen molar-refractivity contribution in [2.24, 2.45) is 5.92 Å². The van der Waals surface area contributed by atoms with Crippen LogP contribution < -0.4 is 4.74 Å². The number of aliphatic hydroxyl groups is 8. The van der Waals surface area contributed by atoms with Crippen LogP contribution in [-0.4, -0.2) is 223 Å². The van der Waals surface area contributed by atoms with E-state index in [1.165, 1.54) is 27.9 Å². The number of phenols is 2. The molecule has 5 aliphatic heterocycles. The van der Waals surface area contributed by atoms with Gasteiger partial charge in [0.05, 0.1) is 72.0 Å². The first-order valence-corrected chi connectivity index (χ1v) is 28.0. The Kier molecular flexibility index (Phi) is 20.5. The number of ether oxygens (including phenoxy) is 12. The minimum Gasteiger partial charge on any atom is -0.507 e. The van der Waals surface area contributed by atoms with Crippen molar-refractivity contribution in [3.05, 3.63) is 28.8 Å². The van der Waals surface area contributed by atoms with Crippen LogP contribution in [0.1, 0.15) is 128 Å². The third-order valence-corrected chi connectivity index (χ3v) is 16.7. The van der Waals surface area contributed by atoms with E-state index in [4.69, 9.17) is 56.8 Å². The molecule has 0 saturated carbocycles. The Balaban J connectivity index is 1.09. The van der Waals surface area contributed by atoms with Crippen LogP contribution in [0.5, 0.6) is 17.2 Å². The third kappa shape index (κ3) is 13.5. The van der Waals surface area contributed by atoms with E-state index in [9.17, 15) is 60.7 Å². The summed E-state index contributed by atoms with van der Waals surface area (Å²) < 4.78 is 73.2. The SMILES string of the molecule is CC[C@H](C)c1c(O[C@H]2C[C@@H](O[C@H]3C[C@@H](O)[C@H](O)[C@@H](C)O3)[C@H](O)[C@@H](C)O2)cc2cc3c(c(O)c2c1O)C(=O)[C@@H](O[C@H]1C[C@@H](O[C@H]2C[C@@H](O[C@H]4C[C@@H](O)[C@H](O)[C@@H](C)O4)[C@@H](OC(C)=O)[C@@H](C)O2)[C@H](O)[C@@H](C)O1)[C@H]([C@@H](OC)C(=O)[C@H](O)[C@H](C)O)C3. The third-order valence-electron chi connectivity index (χ3n) is 16.7. The molecule has 25 nitrogen and oxygen atoms in total. The Labute approximate surface area is 469 Å². The Morgan fingerprint density at radius 1 is 0.654 bits per heavy atom. The molecule has 0 amide bonds. The zero-order valence-corrected chi connectivity index (χ0v) is 47.2. The molecular weight excluding hydrogens is 1070 g/mol. The number of carbonyl (C=O) groups excluding carboxylic acids is 3. The first-order chi connectivity index (χ1) is 38.2. The van der Waals surface area contributed by atoms with Gasteiger partial charge in [0.15, 0.2) is 42.8 Å². The molecule has 0 spiro atoms. The maximum atomic E-state index is 15.3. The van der Waals surface area contributed by atoms with Crippen molar-refractivity contribution in [1.82, 2.24) is 0 Å². The highest BCUT2D eigenvalue weighted by atomic mass is 16.7. The van der Waals surface area contributed by atoms with E-state index in [2.05, 4.69) is 0 Å². The number of benzene rings is 2. The molecule has 5 saturated heterocycles. The second-order valence-corrected chi connectivity index (χ2v) is 22.7. The Hall–Kier alpha value is -3.81. The summed E-state index contributed by atoms with van der Waals surface area (Å²) in [6.45, 7) is 14.1. The number of fused-ring (bicyclic) bond motifs is 2. The minimum absolute atomic E-state index is 0.0413. The average molecular weight is 1160 g/mol. The summed E-state index contributed by atoms with van der Waals surface area (Å²) in [5.41, 5.74) is 0.185. The highest BCUT2D eigenvalue weighted by Crippen LogP contribution is 2.50. The van der Waals surface area contributed by atoms with E-state index in [1.807, 2.05) is 13.8 Å². The van der Waals surface area contributed by atoms with E-state index in [1.54, 1.807) is 39.8 Å². The fourth-order valence-electron chi connectivity index (χ4n) is 12.0. The zero-order chi connectivity index (χ0) is 59.2. The molecule has 6 aliphatic rings. The van der Waals surface area contributed by atoms with Crippen LogP contribution in [0.2, 0.25) is 0 Å². The molecule has 26 atom stereocenters. The number of carbonyl (C=O) groups is 3. The molecule has 0 unspecified atom stereocenters. The maximum absolute atomic E-state index is 15.3. The smallest absolute Gasteiger partial charge is 0.303 e. The molecule has 2 aromatic carbocycles. The molecule has 25 heteroatoms. The predicted octanol–water partition coefficient (Wildman–Crippen LogP) is 1.14. The van der Waals surface area contributed by atoms with Gasteiger partial charge in [0.2, 0.25) is 6.29 Å². The molecule has 5 heterocycles. The Bertz CT molecular complexity index is 2490. The molecule has 0 aromatic heterocycles. The van der Waals surface area contributed by atoms with Crippen molar-refractivity contribution in [2.75, 3.05) is 7.11 Å². The van der Waals surface area contributed by atoms with Crippen molar-refractivity contribution in [3.63, 3.8) is 0 Å². The van der Waals surface area contributed by atoms with Crippen LogP contribution in [0.3, 0.4) is 0 Å². The van der Waals surface area contributed by atoms with Crippen molar-refractivity contribution in [2.45, 2.75) is 261 Å². The quantitative estimate of drug-likeness (QED) is 0.0936. The van der Waals surface area contributed by atoms with Crippen molar-refractivity contribution in [3.8, 4) is 17.2 Å². The first kappa shape index (κ1) is 63.2. The van der Waals surface area contributed by atoms with Gasteiger partial charge in [-0.2, -0.15) is 0 Å². The zero-order valence-electron chi connectivity index (χ0n) is 47.2. The van der Waals surface area contributed by atoms with E-state index < -0.39 is 188 Å². The number of phenolic OH excluding ortho intramolecular Hbond substituents is 2. The molecule has 0 bridgehead atoms. The van der Waals surface area contributed by atoms with Crippen LogP contribution in [0.4, 0.5) is 0 Å². The van der Waals surface area contributed by atoms with Gasteiger partial charge in [-0.15, -0.1) is 0 Å². The highest BCUT2D eigenvalue weighted by molar-refractivity contribution is 6.11. The van der Waals surface area contributed by atoms with Crippen molar-refractivity contribution < 1.29 is 122 Å². The van der Waals surface area contributed by atoms with Gasteiger partial charge in [-0.05, 0) is 83.4 Å². The summed E-state index contributed by atoms with van der Waals surface area (Å²) in [4.78, 5) is 41.5. The normalized spacial score (nSPS) is 40.0. The van der Waals surface area contributed by atoms with Gasteiger partial charge >= 0.3 is 5.97 Å². The van der Waals surface area contributed by atoms with Crippen LogP contribution in [0.15, 0.2) is 12.1 Å². The lowest BCUT2D eigenvalue weighted by molar-refractivity contribution is -0.330. The summed E-state index contributed by atoms with van der Waals surface area (Å²) in [6.07, 6.45) is -27.8. The summed E-state index contributed by atoms with van der Waals surface area (Å²) >= 11 is 0. The lowest BCUT2D eigenvalue weighted by atomic mass is 9.74. The number of Topliss-reactive ketones (excluding diaryl/α,β-unsaturated/α-hetero) is 2. The number of methoxy groups -OCH3 is 1. The topological polar surface area (TPSA) is 364 Å². The second kappa shape index (κ2) is 26.2. The van der Waals surface area contributed by atoms with E-state index in [-0.39, 0.29) is 71.7 Å². The number of aromatic hydroxyl groups is 2. The largest absolute Gasteiger partial charge is 0.507 e. The molecule has 2 aromatic rings. The monoisotopic (exact) mass is 1150 g/mol.